The second-order valence-electron chi connectivity index (χ2n) is 9.81. The van der Waals surface area contributed by atoms with E-state index in [0.29, 0.717) is 36.5 Å². The number of nitrogens with one attached hydrogen (secondary N) is 2. The Morgan fingerprint density at radius 2 is 1.97 bits per heavy atom. The number of nitrogens with two attached hydrogens (primary N) is 1. The third-order valence-corrected chi connectivity index (χ3v) is 5.95. The van der Waals surface area contributed by atoms with E-state index in [1.807, 2.05) is 6.92 Å². The van der Waals surface area contributed by atoms with Gasteiger partial charge in [-0.25, -0.2) is 4.98 Å². The Kier molecular flexibility index (Phi) is 7.55. The number of hydrogen-bond acceptors (Lipinski definition) is 5. The third kappa shape index (κ3) is 5.95. The molecule has 1 saturated carbocycles. The van der Waals surface area contributed by atoms with Crippen molar-refractivity contribution in [2.24, 2.45) is 0 Å². The van der Waals surface area contributed by atoms with Crippen molar-refractivity contribution in [3.8, 4) is 0 Å². The lowest BCUT2D eigenvalue weighted by atomic mass is 9.83. The molecular formula is C25H38N4O2. The second-order valence-corrected chi connectivity index (χ2v) is 9.81. The number of carbonyl (C=O) groups is 1. The van der Waals surface area contributed by atoms with E-state index in [2.05, 4.69) is 43.5 Å². The fourth-order valence-corrected chi connectivity index (χ4v) is 3.95. The molecule has 0 bridgehead atoms. The van der Waals surface area contributed by atoms with Gasteiger partial charge in [0.25, 0.3) is 5.91 Å². The highest BCUT2D eigenvalue weighted by molar-refractivity contribution is 6.00. The number of benzene rings is 1. The lowest BCUT2D eigenvalue weighted by Gasteiger charge is -2.23. The summed E-state index contributed by atoms with van der Waals surface area (Å²) in [4.78, 5) is 17.4. The van der Waals surface area contributed by atoms with E-state index in [9.17, 15) is 4.79 Å². The SMILES string of the molecule is CC(C)(C)c1cc(C2CC2)cc2c(N)cc(C(=O)NCC3CCCN3)nc12.CCCO. The van der Waals surface area contributed by atoms with Crippen LogP contribution in [0.5, 0.6) is 0 Å². The van der Waals surface area contributed by atoms with E-state index in [1.54, 1.807) is 6.07 Å². The van der Waals surface area contributed by atoms with Gasteiger partial charge in [0.05, 0.1) is 5.52 Å². The summed E-state index contributed by atoms with van der Waals surface area (Å²) in [6, 6.07) is 6.53. The number of aliphatic hydroxyl groups is 1. The normalized spacial score (nSPS) is 18.5. The smallest absolute Gasteiger partial charge is 0.270 e. The van der Waals surface area contributed by atoms with E-state index in [4.69, 9.17) is 15.8 Å². The molecule has 2 heterocycles. The Balaban J connectivity index is 0.000000628. The van der Waals surface area contributed by atoms with Crippen LogP contribution >= 0.6 is 0 Å². The number of hydrogen-bond donors (Lipinski definition) is 4. The zero-order chi connectivity index (χ0) is 22.6. The lowest BCUT2D eigenvalue weighted by molar-refractivity contribution is 0.0945. The fraction of sp³-hybridized carbons (Fsp3) is 0.600. The van der Waals surface area contributed by atoms with Crippen molar-refractivity contribution in [2.45, 2.75) is 77.2 Å². The Bertz CT molecular complexity index is 908. The largest absolute Gasteiger partial charge is 0.398 e. The van der Waals surface area contributed by atoms with Crippen LogP contribution in [-0.2, 0) is 5.41 Å². The number of nitrogen functional groups attached to an aromatic ring is 1. The maximum Gasteiger partial charge on any atom is 0.270 e. The van der Waals surface area contributed by atoms with Gasteiger partial charge in [-0.05, 0) is 73.2 Å². The van der Waals surface area contributed by atoms with E-state index in [0.717, 1.165) is 30.3 Å². The number of anilines is 1. The van der Waals surface area contributed by atoms with E-state index in [-0.39, 0.29) is 11.3 Å². The minimum absolute atomic E-state index is 0.0640. The van der Waals surface area contributed by atoms with Gasteiger partial charge in [0, 0.05) is 30.3 Å². The molecule has 1 aliphatic carbocycles. The molecule has 31 heavy (non-hydrogen) atoms. The number of carbonyl (C=O) groups excluding carboxylic acids is 1. The summed E-state index contributed by atoms with van der Waals surface area (Å²) < 4.78 is 0. The van der Waals surface area contributed by atoms with Crippen LogP contribution in [0, 0.1) is 0 Å². The molecule has 2 fully saturated rings. The Morgan fingerprint density at radius 3 is 2.52 bits per heavy atom. The Morgan fingerprint density at radius 1 is 1.26 bits per heavy atom. The molecule has 4 rings (SSSR count). The summed E-state index contributed by atoms with van der Waals surface area (Å²) in [6.45, 7) is 10.5. The van der Waals surface area contributed by atoms with Crippen molar-refractivity contribution < 1.29 is 9.90 Å². The molecule has 2 aromatic rings. The summed E-state index contributed by atoms with van der Waals surface area (Å²) >= 11 is 0. The predicted molar refractivity (Wildman–Crippen MR) is 128 cm³/mol. The molecule has 1 aromatic heterocycles. The molecule has 1 atom stereocenters. The van der Waals surface area contributed by atoms with Crippen LogP contribution in [0.3, 0.4) is 0 Å². The van der Waals surface area contributed by atoms with Crippen molar-refractivity contribution in [1.82, 2.24) is 15.6 Å². The predicted octanol–water partition coefficient (Wildman–Crippen LogP) is 3.86. The molecule has 1 aromatic carbocycles. The first kappa shape index (κ1) is 23.5. The first-order chi connectivity index (χ1) is 14.7. The molecule has 1 amide bonds. The first-order valence-corrected chi connectivity index (χ1v) is 11.6. The van der Waals surface area contributed by atoms with Crippen LogP contribution in [0.1, 0.15) is 87.3 Å². The van der Waals surface area contributed by atoms with Gasteiger partial charge in [0.15, 0.2) is 0 Å². The monoisotopic (exact) mass is 426 g/mol. The topological polar surface area (TPSA) is 100 Å². The third-order valence-electron chi connectivity index (χ3n) is 5.95. The van der Waals surface area contributed by atoms with Crippen LogP contribution in [0.15, 0.2) is 18.2 Å². The molecule has 6 heteroatoms. The highest BCUT2D eigenvalue weighted by Crippen LogP contribution is 2.44. The van der Waals surface area contributed by atoms with E-state index < -0.39 is 0 Å². The van der Waals surface area contributed by atoms with Crippen molar-refractivity contribution in [3.63, 3.8) is 0 Å². The van der Waals surface area contributed by atoms with E-state index >= 15 is 0 Å². The van der Waals surface area contributed by atoms with Crippen LogP contribution < -0.4 is 16.4 Å². The Hall–Kier alpha value is -2.18. The number of rotatable bonds is 5. The maximum atomic E-state index is 12.7. The first-order valence-electron chi connectivity index (χ1n) is 11.6. The molecule has 5 N–H and O–H groups in total. The fourth-order valence-electron chi connectivity index (χ4n) is 3.95. The van der Waals surface area contributed by atoms with Gasteiger partial charge in [-0.15, -0.1) is 0 Å². The second kappa shape index (κ2) is 9.96. The molecular weight excluding hydrogens is 388 g/mol. The number of aliphatic hydroxyl groups excluding tert-OH is 1. The van der Waals surface area contributed by atoms with Crippen LogP contribution in [0.25, 0.3) is 10.9 Å². The van der Waals surface area contributed by atoms with Crippen molar-refractivity contribution in [2.75, 3.05) is 25.4 Å². The molecule has 1 aliphatic heterocycles. The summed E-state index contributed by atoms with van der Waals surface area (Å²) in [6.07, 6.45) is 5.64. The molecule has 170 valence electrons. The molecule has 0 radical (unpaired) electrons. The van der Waals surface area contributed by atoms with Gasteiger partial charge in [-0.2, -0.15) is 0 Å². The van der Waals surface area contributed by atoms with Gasteiger partial charge >= 0.3 is 0 Å². The Labute approximate surface area is 186 Å². The number of amides is 1. The number of pyridine rings is 1. The standard InChI is InChI=1S/C22H30N4O.C3H8O/c1-22(2,3)17-10-14(13-6-7-13)9-16-18(23)11-19(26-20(16)17)21(27)25-12-15-5-4-8-24-15;1-2-3-4/h9-11,13,15,24H,4-8,12H2,1-3H3,(H2,23,26)(H,25,27);4H,2-3H2,1H3. The van der Waals surface area contributed by atoms with Gasteiger partial charge in [0.1, 0.15) is 5.69 Å². The van der Waals surface area contributed by atoms with Crippen molar-refractivity contribution >= 4 is 22.5 Å². The average Bonchev–Trinajstić information content (AvgIpc) is 3.46. The van der Waals surface area contributed by atoms with Crippen molar-refractivity contribution in [1.29, 1.82) is 0 Å². The molecule has 2 aliphatic rings. The van der Waals surface area contributed by atoms with E-state index in [1.165, 1.54) is 30.4 Å². The number of nitrogens with zero attached hydrogens (tertiary/aromatic N) is 1. The zero-order valence-electron chi connectivity index (χ0n) is 19.4. The molecule has 1 unspecified atom stereocenters. The maximum absolute atomic E-state index is 12.7. The van der Waals surface area contributed by atoms with Gasteiger partial charge < -0.3 is 21.5 Å². The summed E-state index contributed by atoms with van der Waals surface area (Å²) in [5.74, 6) is 0.500. The minimum Gasteiger partial charge on any atom is -0.398 e. The van der Waals surface area contributed by atoms with Gasteiger partial charge in [0.2, 0.25) is 0 Å². The van der Waals surface area contributed by atoms with Crippen LogP contribution in [0.4, 0.5) is 5.69 Å². The van der Waals surface area contributed by atoms with Gasteiger partial charge in [-0.1, -0.05) is 33.8 Å². The molecule has 6 nitrogen and oxygen atoms in total. The summed E-state index contributed by atoms with van der Waals surface area (Å²) in [5, 5.41) is 15.3. The highest BCUT2D eigenvalue weighted by Gasteiger charge is 2.28. The molecule has 0 spiro atoms. The summed E-state index contributed by atoms with van der Waals surface area (Å²) in [5.41, 5.74) is 10.7. The molecule has 1 saturated heterocycles. The quantitative estimate of drug-likeness (QED) is 0.582. The van der Waals surface area contributed by atoms with Crippen LogP contribution in [-0.4, -0.2) is 41.7 Å². The highest BCUT2D eigenvalue weighted by atomic mass is 16.2. The van der Waals surface area contributed by atoms with Gasteiger partial charge in [-0.3, -0.25) is 4.79 Å². The average molecular weight is 427 g/mol. The number of fused-ring (bicyclic) bond motifs is 1. The van der Waals surface area contributed by atoms with Crippen molar-refractivity contribution in [3.05, 3.63) is 35.0 Å². The lowest BCUT2D eigenvalue weighted by Crippen LogP contribution is -2.37. The van der Waals surface area contributed by atoms with Crippen LogP contribution in [0.2, 0.25) is 0 Å². The summed E-state index contributed by atoms with van der Waals surface area (Å²) in [7, 11) is 0. The zero-order valence-corrected chi connectivity index (χ0v) is 19.4. The number of aromatic nitrogens is 1. The minimum atomic E-state index is -0.150.